The van der Waals surface area contributed by atoms with Crippen molar-refractivity contribution in [3.8, 4) is 0 Å². The van der Waals surface area contributed by atoms with E-state index in [0.29, 0.717) is 0 Å². The molecule has 136 valence electrons. The summed E-state index contributed by atoms with van der Waals surface area (Å²) >= 11 is 0. The van der Waals surface area contributed by atoms with Gasteiger partial charge in [0.05, 0.1) is 6.04 Å². The molecule has 0 aliphatic rings. The molecule has 0 rings (SSSR count). The third kappa shape index (κ3) is 8.68. The number of nitrogens with one attached hydrogen (secondary N) is 2. The van der Waals surface area contributed by atoms with Crippen LogP contribution >= 0.6 is 0 Å². The number of hydrogen-bond acceptors (Lipinski definition) is 6. The van der Waals surface area contributed by atoms with Crippen LogP contribution in [0.1, 0.15) is 32.6 Å². The number of hydrogen-bond donors (Lipinski definition) is 6. The summed E-state index contributed by atoms with van der Waals surface area (Å²) in [7, 11) is 0. The van der Waals surface area contributed by atoms with E-state index in [9.17, 15) is 24.0 Å². The van der Waals surface area contributed by atoms with Crippen LogP contribution in [0.5, 0.6) is 0 Å². The van der Waals surface area contributed by atoms with Crippen LogP contribution < -0.4 is 22.1 Å². The average Bonchev–Trinajstić information content (AvgIpc) is 2.47. The first kappa shape index (κ1) is 21.3. The fourth-order valence-electron chi connectivity index (χ4n) is 1.64. The van der Waals surface area contributed by atoms with Crippen LogP contribution in [0.4, 0.5) is 0 Å². The number of primary amides is 1. The lowest BCUT2D eigenvalue weighted by atomic mass is 10.1. The van der Waals surface area contributed by atoms with E-state index in [0.717, 1.165) is 0 Å². The fourth-order valence-corrected chi connectivity index (χ4v) is 1.64. The van der Waals surface area contributed by atoms with Crippen molar-refractivity contribution in [2.45, 2.75) is 50.7 Å². The lowest BCUT2D eigenvalue weighted by molar-refractivity contribution is -0.143. The third-order valence-electron chi connectivity index (χ3n) is 3.05. The highest BCUT2D eigenvalue weighted by Gasteiger charge is 2.25. The van der Waals surface area contributed by atoms with Gasteiger partial charge in [0.1, 0.15) is 12.1 Å². The summed E-state index contributed by atoms with van der Waals surface area (Å²) in [5.41, 5.74) is 10.5. The highest BCUT2D eigenvalue weighted by molar-refractivity contribution is 5.91. The van der Waals surface area contributed by atoms with E-state index in [-0.39, 0.29) is 19.3 Å². The molecule has 3 amide bonds. The van der Waals surface area contributed by atoms with Gasteiger partial charge in [-0.25, -0.2) is 4.79 Å². The van der Waals surface area contributed by atoms with Crippen molar-refractivity contribution in [1.82, 2.24) is 10.6 Å². The second-order valence-corrected chi connectivity index (χ2v) is 5.17. The van der Waals surface area contributed by atoms with Crippen molar-refractivity contribution < 1.29 is 34.2 Å². The molecule has 8 N–H and O–H groups in total. The van der Waals surface area contributed by atoms with Crippen LogP contribution in [0, 0.1) is 0 Å². The predicted octanol–water partition coefficient (Wildman–Crippen LogP) is -2.48. The van der Waals surface area contributed by atoms with Crippen molar-refractivity contribution in [2.24, 2.45) is 11.5 Å². The fraction of sp³-hybridized carbons (Fsp3) is 0.615. The normalized spacial score (nSPS) is 14.1. The van der Waals surface area contributed by atoms with E-state index in [4.69, 9.17) is 21.7 Å². The largest absolute Gasteiger partial charge is 0.481 e. The Labute approximate surface area is 137 Å². The summed E-state index contributed by atoms with van der Waals surface area (Å²) in [5, 5.41) is 21.9. The predicted molar refractivity (Wildman–Crippen MR) is 80.4 cm³/mol. The van der Waals surface area contributed by atoms with E-state index in [1.807, 2.05) is 0 Å². The van der Waals surface area contributed by atoms with Crippen molar-refractivity contribution in [3.05, 3.63) is 0 Å². The molecule has 0 unspecified atom stereocenters. The van der Waals surface area contributed by atoms with Gasteiger partial charge in [0.2, 0.25) is 17.7 Å². The minimum Gasteiger partial charge on any atom is -0.481 e. The molecule has 0 spiro atoms. The number of nitrogens with two attached hydrogens (primary N) is 2. The average molecular weight is 346 g/mol. The molecule has 0 bridgehead atoms. The van der Waals surface area contributed by atoms with Gasteiger partial charge in [-0.3, -0.25) is 19.2 Å². The minimum atomic E-state index is -1.39. The van der Waals surface area contributed by atoms with E-state index >= 15 is 0 Å². The highest BCUT2D eigenvalue weighted by atomic mass is 16.4. The van der Waals surface area contributed by atoms with E-state index in [1.54, 1.807) is 0 Å². The monoisotopic (exact) mass is 346 g/mol. The van der Waals surface area contributed by atoms with Crippen molar-refractivity contribution in [1.29, 1.82) is 0 Å². The van der Waals surface area contributed by atoms with Crippen LogP contribution in [0.2, 0.25) is 0 Å². The Hall–Kier alpha value is -2.69. The second-order valence-electron chi connectivity index (χ2n) is 5.17. The molecule has 0 aromatic rings. The van der Waals surface area contributed by atoms with E-state index in [1.165, 1.54) is 6.92 Å². The number of carboxylic acids is 2. The Bertz CT molecular complexity index is 509. The lowest BCUT2D eigenvalue weighted by Crippen LogP contribution is -2.53. The zero-order chi connectivity index (χ0) is 18.9. The molecule has 11 nitrogen and oxygen atoms in total. The number of carbonyl (C=O) groups excluding carboxylic acids is 3. The van der Waals surface area contributed by atoms with Crippen molar-refractivity contribution in [3.63, 3.8) is 0 Å². The van der Waals surface area contributed by atoms with Crippen LogP contribution in [-0.4, -0.2) is 58.0 Å². The molecule has 3 atom stereocenters. The van der Waals surface area contributed by atoms with Gasteiger partial charge in [-0.15, -0.1) is 0 Å². The quantitative estimate of drug-likeness (QED) is 0.236. The van der Waals surface area contributed by atoms with Gasteiger partial charge in [-0.1, -0.05) is 0 Å². The second kappa shape index (κ2) is 10.2. The van der Waals surface area contributed by atoms with Gasteiger partial charge in [-0.05, 0) is 19.8 Å². The molecule has 0 saturated heterocycles. The van der Waals surface area contributed by atoms with Gasteiger partial charge < -0.3 is 32.3 Å². The lowest BCUT2D eigenvalue weighted by Gasteiger charge is -2.19. The topological polar surface area (TPSA) is 202 Å². The Balaban J connectivity index is 4.51. The third-order valence-corrected chi connectivity index (χ3v) is 3.05. The summed E-state index contributed by atoms with van der Waals surface area (Å²) in [6.07, 6.45) is -0.817. The molecule has 0 aromatic carbocycles. The molecule has 0 radical (unpaired) electrons. The summed E-state index contributed by atoms with van der Waals surface area (Å²) < 4.78 is 0. The van der Waals surface area contributed by atoms with Gasteiger partial charge in [-0.2, -0.15) is 0 Å². The molecular formula is C13H22N4O7. The van der Waals surface area contributed by atoms with Gasteiger partial charge in [0.25, 0.3) is 0 Å². The number of rotatable bonds is 11. The Morgan fingerprint density at radius 1 is 0.958 bits per heavy atom. The molecular weight excluding hydrogens is 324 g/mol. The number of amides is 3. The van der Waals surface area contributed by atoms with Crippen LogP contribution in [0.3, 0.4) is 0 Å². The first-order chi connectivity index (χ1) is 11.0. The Kier molecular flexibility index (Phi) is 9.02. The summed E-state index contributed by atoms with van der Waals surface area (Å²) in [5.74, 6) is -4.70. The smallest absolute Gasteiger partial charge is 0.326 e. The Morgan fingerprint density at radius 3 is 2.00 bits per heavy atom. The van der Waals surface area contributed by atoms with E-state index < -0.39 is 54.2 Å². The molecule has 0 aromatic heterocycles. The molecule has 0 aliphatic heterocycles. The van der Waals surface area contributed by atoms with Crippen molar-refractivity contribution in [2.75, 3.05) is 0 Å². The summed E-state index contributed by atoms with van der Waals surface area (Å²) in [6.45, 7) is 1.31. The Morgan fingerprint density at radius 2 is 1.54 bits per heavy atom. The van der Waals surface area contributed by atoms with Crippen LogP contribution in [0.15, 0.2) is 0 Å². The summed E-state index contributed by atoms with van der Waals surface area (Å²) in [4.78, 5) is 55.7. The first-order valence-electron chi connectivity index (χ1n) is 7.13. The maximum Gasteiger partial charge on any atom is 0.326 e. The van der Waals surface area contributed by atoms with Crippen LogP contribution in [0.25, 0.3) is 0 Å². The molecule has 24 heavy (non-hydrogen) atoms. The zero-order valence-corrected chi connectivity index (χ0v) is 13.2. The number of carbonyl (C=O) groups is 5. The van der Waals surface area contributed by atoms with Crippen molar-refractivity contribution >= 4 is 29.7 Å². The minimum absolute atomic E-state index is 0.00582. The highest BCUT2D eigenvalue weighted by Crippen LogP contribution is 2.00. The molecule has 0 fully saturated rings. The van der Waals surface area contributed by atoms with Gasteiger partial charge >= 0.3 is 11.9 Å². The zero-order valence-electron chi connectivity index (χ0n) is 13.2. The van der Waals surface area contributed by atoms with E-state index in [2.05, 4.69) is 10.6 Å². The molecule has 0 heterocycles. The van der Waals surface area contributed by atoms with Crippen LogP contribution in [-0.2, 0) is 24.0 Å². The number of aliphatic carboxylic acids is 2. The van der Waals surface area contributed by atoms with Gasteiger partial charge in [0.15, 0.2) is 0 Å². The molecule has 0 aliphatic carbocycles. The standard InChI is InChI=1S/C13H22N4O7/c1-6(16-12(22)7(14)2-4-9(15)18)11(21)17-8(13(23)24)3-5-10(19)20/h6-8H,2-5,14H2,1H3,(H2,15,18)(H,16,22)(H,17,21)(H,19,20)(H,23,24)/t6-,7-,8-/m0/s1. The maximum absolute atomic E-state index is 11.9. The molecule has 11 heteroatoms. The maximum atomic E-state index is 11.9. The molecule has 0 saturated carbocycles. The number of carboxylic acid groups (broad SMARTS) is 2. The van der Waals surface area contributed by atoms with Gasteiger partial charge in [0, 0.05) is 12.8 Å². The summed E-state index contributed by atoms with van der Waals surface area (Å²) in [6, 6.07) is -3.53. The first-order valence-corrected chi connectivity index (χ1v) is 7.13. The SMILES string of the molecule is C[C@H](NC(=O)[C@@H](N)CCC(N)=O)C(=O)N[C@@H](CCC(=O)O)C(=O)O.